The Morgan fingerprint density at radius 3 is 2.38 bits per heavy atom. The van der Waals surface area contributed by atoms with Crippen LogP contribution in [-0.2, 0) is 4.74 Å². The number of rotatable bonds is 6. The van der Waals surface area contributed by atoms with Crippen molar-refractivity contribution in [2.45, 2.75) is 117 Å². The van der Waals surface area contributed by atoms with Crippen LogP contribution >= 0.6 is 0 Å². The maximum Gasteiger partial charge on any atom is 0.0698 e. The second kappa shape index (κ2) is 9.97. The molecule has 0 radical (unpaired) electrons. The van der Waals surface area contributed by atoms with E-state index in [1.165, 1.54) is 64.2 Å². The summed E-state index contributed by atoms with van der Waals surface area (Å²) in [6, 6.07) is 0.356. The number of aliphatic hydroxyl groups excluding tert-OH is 1. The SMILES string of the molecule is CC(C)CCCC(C)C1CCC2C3CCC4CC(O)C(N5CCOCC5)CC4(C)C3CCC12C. The molecule has 0 aromatic rings. The Kier molecular flexibility index (Phi) is 7.49. The number of nitrogens with zero attached hydrogens (tertiary/aromatic N) is 1. The molecule has 0 spiro atoms. The highest BCUT2D eigenvalue weighted by molar-refractivity contribution is 5.11. The van der Waals surface area contributed by atoms with Gasteiger partial charge in [-0.1, -0.05) is 53.9 Å². The largest absolute Gasteiger partial charge is 0.391 e. The average molecular weight is 474 g/mol. The van der Waals surface area contributed by atoms with E-state index in [2.05, 4.69) is 39.5 Å². The third-order valence-corrected chi connectivity index (χ3v) is 12.4. The van der Waals surface area contributed by atoms with Crippen molar-refractivity contribution >= 4 is 0 Å². The topological polar surface area (TPSA) is 32.7 Å². The summed E-state index contributed by atoms with van der Waals surface area (Å²) >= 11 is 0. The van der Waals surface area contributed by atoms with E-state index in [-0.39, 0.29) is 6.10 Å². The molecule has 1 aliphatic heterocycles. The molecule has 5 aliphatic rings. The fourth-order valence-corrected chi connectivity index (χ4v) is 10.6. The Morgan fingerprint density at radius 2 is 1.65 bits per heavy atom. The lowest BCUT2D eigenvalue weighted by molar-refractivity contribution is -0.155. The molecule has 1 N–H and O–H groups in total. The van der Waals surface area contributed by atoms with Gasteiger partial charge in [0.05, 0.1) is 19.3 Å². The van der Waals surface area contributed by atoms with Crippen molar-refractivity contribution < 1.29 is 9.84 Å². The molecule has 4 aliphatic carbocycles. The second-order valence-corrected chi connectivity index (χ2v) is 14.4. The second-order valence-electron chi connectivity index (χ2n) is 14.4. The van der Waals surface area contributed by atoms with Gasteiger partial charge < -0.3 is 9.84 Å². The van der Waals surface area contributed by atoms with Gasteiger partial charge in [-0.05, 0) is 104 Å². The summed E-state index contributed by atoms with van der Waals surface area (Å²) in [7, 11) is 0. The lowest BCUT2D eigenvalue weighted by atomic mass is 9.44. The molecule has 0 aromatic heterocycles. The minimum Gasteiger partial charge on any atom is -0.391 e. The molecule has 4 saturated carbocycles. The molecular weight excluding hydrogens is 418 g/mol. The molecule has 10 atom stereocenters. The number of aliphatic hydroxyl groups is 1. The Balaban J connectivity index is 1.30. The van der Waals surface area contributed by atoms with Crippen LogP contribution in [0, 0.1) is 52.3 Å². The van der Waals surface area contributed by atoms with E-state index in [1.54, 1.807) is 0 Å². The third-order valence-electron chi connectivity index (χ3n) is 12.4. The van der Waals surface area contributed by atoms with Crippen molar-refractivity contribution in [2.24, 2.45) is 52.3 Å². The lowest BCUT2D eigenvalue weighted by Gasteiger charge is -2.63. The van der Waals surface area contributed by atoms with E-state index in [0.29, 0.717) is 16.9 Å². The average Bonchev–Trinajstić information content (AvgIpc) is 3.17. The van der Waals surface area contributed by atoms with Gasteiger partial charge in [0, 0.05) is 19.1 Å². The lowest BCUT2D eigenvalue weighted by Crippen LogP contribution is -2.60. The number of hydrogen-bond donors (Lipinski definition) is 1. The van der Waals surface area contributed by atoms with Crippen LogP contribution in [0.3, 0.4) is 0 Å². The zero-order valence-electron chi connectivity index (χ0n) is 23.1. The molecule has 3 heteroatoms. The first-order chi connectivity index (χ1) is 16.2. The zero-order chi connectivity index (χ0) is 24.1. The molecule has 34 heavy (non-hydrogen) atoms. The molecule has 5 rings (SSSR count). The van der Waals surface area contributed by atoms with Crippen LogP contribution in [0.25, 0.3) is 0 Å². The molecule has 0 aromatic carbocycles. The maximum absolute atomic E-state index is 11.2. The highest BCUT2D eigenvalue weighted by atomic mass is 16.5. The van der Waals surface area contributed by atoms with Crippen LogP contribution in [0.1, 0.15) is 105 Å². The van der Waals surface area contributed by atoms with Crippen LogP contribution in [0.5, 0.6) is 0 Å². The minimum atomic E-state index is -0.135. The predicted octanol–water partition coefficient (Wildman–Crippen LogP) is 6.78. The summed E-state index contributed by atoms with van der Waals surface area (Å²) in [5.74, 6) is 6.20. The van der Waals surface area contributed by atoms with Crippen LogP contribution < -0.4 is 0 Å². The Labute approximate surface area is 210 Å². The van der Waals surface area contributed by atoms with Gasteiger partial charge in [0.15, 0.2) is 0 Å². The highest BCUT2D eigenvalue weighted by Gasteiger charge is 2.61. The van der Waals surface area contributed by atoms with Gasteiger partial charge in [-0.15, -0.1) is 0 Å². The number of fused-ring (bicyclic) bond motifs is 5. The van der Waals surface area contributed by atoms with Crippen molar-refractivity contribution in [1.82, 2.24) is 4.90 Å². The molecule has 196 valence electrons. The first-order valence-corrected chi connectivity index (χ1v) is 15.2. The fourth-order valence-electron chi connectivity index (χ4n) is 10.6. The Hall–Kier alpha value is -0.120. The van der Waals surface area contributed by atoms with Crippen LogP contribution in [0.4, 0.5) is 0 Å². The molecule has 0 amide bonds. The van der Waals surface area contributed by atoms with E-state index >= 15 is 0 Å². The summed E-state index contributed by atoms with van der Waals surface area (Å²) < 4.78 is 5.64. The summed E-state index contributed by atoms with van der Waals surface area (Å²) in [5, 5.41) is 11.2. The molecule has 1 heterocycles. The summed E-state index contributed by atoms with van der Waals surface area (Å²) in [4.78, 5) is 2.58. The van der Waals surface area contributed by atoms with Crippen molar-refractivity contribution in [1.29, 1.82) is 0 Å². The monoisotopic (exact) mass is 473 g/mol. The van der Waals surface area contributed by atoms with Crippen molar-refractivity contribution in [3.63, 3.8) is 0 Å². The summed E-state index contributed by atoms with van der Waals surface area (Å²) in [6.07, 6.45) is 15.1. The third kappa shape index (κ3) is 4.43. The molecule has 1 saturated heterocycles. The number of hydrogen-bond acceptors (Lipinski definition) is 3. The van der Waals surface area contributed by atoms with Crippen molar-refractivity contribution in [3.05, 3.63) is 0 Å². The van der Waals surface area contributed by atoms with Crippen molar-refractivity contribution in [2.75, 3.05) is 26.3 Å². The van der Waals surface area contributed by atoms with E-state index in [1.807, 2.05) is 0 Å². The van der Waals surface area contributed by atoms with Crippen LogP contribution in [0.15, 0.2) is 0 Å². The van der Waals surface area contributed by atoms with Gasteiger partial charge >= 0.3 is 0 Å². The first kappa shape index (κ1) is 25.5. The van der Waals surface area contributed by atoms with E-state index in [9.17, 15) is 5.11 Å². The van der Waals surface area contributed by atoms with Gasteiger partial charge in [0.25, 0.3) is 0 Å². The number of morpholine rings is 1. The van der Waals surface area contributed by atoms with Crippen LogP contribution in [0.2, 0.25) is 0 Å². The van der Waals surface area contributed by atoms with E-state index in [0.717, 1.165) is 74.1 Å². The molecule has 10 unspecified atom stereocenters. The van der Waals surface area contributed by atoms with Crippen LogP contribution in [-0.4, -0.2) is 48.5 Å². The molecule has 0 bridgehead atoms. The van der Waals surface area contributed by atoms with Gasteiger partial charge in [-0.3, -0.25) is 4.90 Å². The highest BCUT2D eigenvalue weighted by Crippen LogP contribution is 2.68. The standard InChI is InChI=1S/C31H55NO2/c1-21(2)7-6-8-22(3)25-11-12-26-24-10-9-23-19-29(33)28(32-15-17-34-18-16-32)20-31(23,5)27(24)13-14-30(25,26)4/h21-29,33H,6-20H2,1-5H3. The minimum absolute atomic E-state index is 0.135. The van der Waals surface area contributed by atoms with Gasteiger partial charge in [-0.2, -0.15) is 0 Å². The zero-order valence-corrected chi connectivity index (χ0v) is 23.1. The molecular formula is C31H55NO2. The molecule has 3 nitrogen and oxygen atoms in total. The van der Waals surface area contributed by atoms with E-state index < -0.39 is 0 Å². The Bertz CT molecular complexity index is 689. The van der Waals surface area contributed by atoms with Gasteiger partial charge in [-0.25, -0.2) is 0 Å². The molecule has 5 fully saturated rings. The van der Waals surface area contributed by atoms with E-state index in [4.69, 9.17) is 4.74 Å². The maximum atomic E-state index is 11.2. The first-order valence-electron chi connectivity index (χ1n) is 15.2. The summed E-state index contributed by atoms with van der Waals surface area (Å²) in [5.41, 5.74) is 1.01. The van der Waals surface area contributed by atoms with Gasteiger partial charge in [0.2, 0.25) is 0 Å². The fraction of sp³-hybridized carbons (Fsp3) is 1.00. The summed E-state index contributed by atoms with van der Waals surface area (Å²) in [6.45, 7) is 16.4. The van der Waals surface area contributed by atoms with Gasteiger partial charge in [0.1, 0.15) is 0 Å². The predicted molar refractivity (Wildman–Crippen MR) is 141 cm³/mol. The van der Waals surface area contributed by atoms with Crippen molar-refractivity contribution in [3.8, 4) is 0 Å². The number of ether oxygens (including phenoxy) is 1. The quantitative estimate of drug-likeness (QED) is 0.461. The normalized spacial score (nSPS) is 48.3. The Morgan fingerprint density at radius 1 is 0.912 bits per heavy atom. The smallest absolute Gasteiger partial charge is 0.0698 e.